The Morgan fingerprint density at radius 2 is 2.03 bits per heavy atom. The molecule has 180 valence electrons. The number of nitrogens with zero attached hydrogens (tertiary/aromatic N) is 8. The lowest BCUT2D eigenvalue weighted by Crippen LogP contribution is -2.11. The molecule has 0 bridgehead atoms. The van der Waals surface area contributed by atoms with E-state index >= 15 is 0 Å². The molecule has 5 rings (SSSR count). The van der Waals surface area contributed by atoms with Gasteiger partial charge in [0.1, 0.15) is 12.0 Å². The van der Waals surface area contributed by atoms with Gasteiger partial charge in [0.25, 0.3) is 0 Å². The monoisotopic (exact) mass is 489 g/mol. The zero-order valence-electron chi connectivity index (χ0n) is 19.6. The van der Waals surface area contributed by atoms with Gasteiger partial charge in [0, 0.05) is 41.5 Å². The van der Waals surface area contributed by atoms with Crippen molar-refractivity contribution in [2.75, 3.05) is 11.1 Å². The van der Waals surface area contributed by atoms with Gasteiger partial charge in [-0.15, -0.1) is 5.10 Å². The molecule has 0 unspecified atom stereocenters. The van der Waals surface area contributed by atoms with Crippen molar-refractivity contribution in [1.29, 1.82) is 0 Å². The van der Waals surface area contributed by atoms with Crippen molar-refractivity contribution < 1.29 is 0 Å². The number of aromatic nitrogens is 10. The van der Waals surface area contributed by atoms with Crippen molar-refractivity contribution in [3.05, 3.63) is 49.4 Å². The smallest absolute Gasteiger partial charge is 0.229 e. The molecule has 5 heterocycles. The Hall–Kier alpha value is -3.80. The number of thioether (sulfide) groups is 1. The molecular formula is C23H27N11S. The van der Waals surface area contributed by atoms with Crippen LogP contribution in [-0.2, 0) is 0 Å². The van der Waals surface area contributed by atoms with Gasteiger partial charge in [-0.2, -0.15) is 10.1 Å². The van der Waals surface area contributed by atoms with E-state index in [9.17, 15) is 0 Å². The van der Waals surface area contributed by atoms with E-state index in [1.807, 2.05) is 18.5 Å². The maximum Gasteiger partial charge on any atom is 0.229 e. The fourth-order valence-corrected chi connectivity index (χ4v) is 4.77. The summed E-state index contributed by atoms with van der Waals surface area (Å²) in [5.41, 5.74) is 2.75. The average Bonchev–Trinajstić information content (AvgIpc) is 3.65. The van der Waals surface area contributed by atoms with Crippen molar-refractivity contribution in [2.45, 2.75) is 44.3 Å². The summed E-state index contributed by atoms with van der Waals surface area (Å²) in [4.78, 5) is 24.6. The Morgan fingerprint density at radius 3 is 2.89 bits per heavy atom. The lowest BCUT2D eigenvalue weighted by molar-refractivity contribution is 0.378. The van der Waals surface area contributed by atoms with Crippen LogP contribution in [0.3, 0.4) is 0 Å². The summed E-state index contributed by atoms with van der Waals surface area (Å²) in [5.74, 6) is 2.47. The Kier molecular flexibility index (Phi) is 6.98. The molecule has 0 aliphatic rings. The number of H-pyrrole nitrogens is 2. The van der Waals surface area contributed by atoms with Crippen molar-refractivity contribution in [2.24, 2.45) is 5.92 Å². The first-order valence-electron chi connectivity index (χ1n) is 11.6. The molecule has 5 aromatic heterocycles. The van der Waals surface area contributed by atoms with Crippen LogP contribution in [0.1, 0.15) is 39.2 Å². The molecule has 0 aliphatic carbocycles. The predicted octanol–water partition coefficient (Wildman–Crippen LogP) is 4.63. The van der Waals surface area contributed by atoms with Crippen LogP contribution in [0.4, 0.5) is 11.9 Å². The number of fused-ring (bicyclic) bond motifs is 1. The second kappa shape index (κ2) is 10.6. The fraction of sp³-hybridized carbons (Fsp3) is 0.348. The number of hydrogen-bond donors (Lipinski definition) is 3. The maximum atomic E-state index is 4.66. The number of hydrogen-bond acceptors (Lipinski definition) is 9. The van der Waals surface area contributed by atoms with Gasteiger partial charge in [-0.3, -0.25) is 10.00 Å². The van der Waals surface area contributed by atoms with Crippen LogP contribution in [0, 0.1) is 5.92 Å². The first-order valence-corrected chi connectivity index (χ1v) is 12.6. The molecule has 5 aromatic rings. The topological polar surface area (TPSA) is 139 Å². The molecule has 3 N–H and O–H groups in total. The van der Waals surface area contributed by atoms with E-state index in [1.165, 1.54) is 0 Å². The average molecular weight is 490 g/mol. The Labute approximate surface area is 206 Å². The van der Waals surface area contributed by atoms with E-state index in [0.29, 0.717) is 29.0 Å². The van der Waals surface area contributed by atoms with Crippen molar-refractivity contribution >= 4 is 34.7 Å². The van der Waals surface area contributed by atoms with E-state index < -0.39 is 0 Å². The molecule has 0 aliphatic heterocycles. The summed E-state index contributed by atoms with van der Waals surface area (Å²) in [7, 11) is 0. The van der Waals surface area contributed by atoms with E-state index in [2.05, 4.69) is 75.2 Å². The molecule has 35 heavy (non-hydrogen) atoms. The quantitative estimate of drug-likeness (QED) is 0.227. The van der Waals surface area contributed by atoms with Gasteiger partial charge in [0.2, 0.25) is 17.1 Å². The third-order valence-electron chi connectivity index (χ3n) is 5.82. The largest absolute Gasteiger partial charge is 0.346 e. The zero-order chi connectivity index (χ0) is 24.0. The van der Waals surface area contributed by atoms with Crippen molar-refractivity contribution in [3.63, 3.8) is 0 Å². The summed E-state index contributed by atoms with van der Waals surface area (Å²) in [6.07, 6.45) is 14.0. The van der Waals surface area contributed by atoms with Crippen LogP contribution < -0.4 is 5.32 Å². The first kappa shape index (κ1) is 23.0. The first-order chi connectivity index (χ1) is 17.2. The van der Waals surface area contributed by atoms with Crippen LogP contribution >= 0.6 is 11.8 Å². The van der Waals surface area contributed by atoms with Crippen LogP contribution in [0.5, 0.6) is 0 Å². The highest BCUT2D eigenvalue weighted by Gasteiger charge is 2.16. The lowest BCUT2D eigenvalue weighted by Gasteiger charge is -2.18. The molecule has 0 saturated heterocycles. The van der Waals surface area contributed by atoms with Crippen LogP contribution in [0.15, 0.2) is 54.6 Å². The Bertz CT molecular complexity index is 1360. The molecule has 0 amide bonds. The van der Waals surface area contributed by atoms with Gasteiger partial charge in [0.05, 0.1) is 17.9 Å². The van der Waals surface area contributed by atoms with Crippen LogP contribution in [0.25, 0.3) is 22.3 Å². The van der Waals surface area contributed by atoms with E-state index in [-0.39, 0.29) is 0 Å². The van der Waals surface area contributed by atoms with E-state index in [0.717, 1.165) is 47.3 Å². The zero-order valence-corrected chi connectivity index (χ0v) is 20.4. The van der Waals surface area contributed by atoms with Gasteiger partial charge in [-0.05, 0) is 37.3 Å². The maximum absolute atomic E-state index is 4.66. The standard InChI is InChI=1S/C23H27N11S/c1-3-17(34-12-16(11-29-34)19-18-7-10-24-20(18)28-14-27-19)6-5-15(2)13-35-23-31-22(32-33-23)30-21-25-8-4-9-26-21/h4,7-12,14-15,17H,3,5-6,13H2,1-2H3,(H,24,27,28)(H2,25,26,30,31,32,33)/t15-,17+/m0/s1. The summed E-state index contributed by atoms with van der Waals surface area (Å²) in [6.45, 7) is 4.47. The van der Waals surface area contributed by atoms with Crippen molar-refractivity contribution in [3.8, 4) is 11.3 Å². The summed E-state index contributed by atoms with van der Waals surface area (Å²) in [5, 5.41) is 16.6. The van der Waals surface area contributed by atoms with E-state index in [1.54, 1.807) is 36.5 Å². The molecule has 0 fully saturated rings. The minimum Gasteiger partial charge on any atom is -0.346 e. The lowest BCUT2D eigenvalue weighted by atomic mass is 10.0. The number of nitrogens with one attached hydrogen (secondary N) is 3. The van der Waals surface area contributed by atoms with Crippen LogP contribution in [0.2, 0.25) is 0 Å². The summed E-state index contributed by atoms with van der Waals surface area (Å²) < 4.78 is 2.08. The SMILES string of the molecule is CC[C@H](CC[C@H](C)CSc1n[nH]c(Nc2ncccn2)n1)n1cc(-c2ncnc3[nH]ccc23)cn1. The molecule has 11 nitrogen and oxygen atoms in total. The van der Waals surface area contributed by atoms with Gasteiger partial charge in [-0.25, -0.2) is 25.0 Å². The molecule has 2 atom stereocenters. The normalized spacial score (nSPS) is 13.2. The van der Waals surface area contributed by atoms with Gasteiger partial charge in [0.15, 0.2) is 0 Å². The fourth-order valence-electron chi connectivity index (χ4n) is 3.90. The predicted molar refractivity (Wildman–Crippen MR) is 135 cm³/mol. The minimum atomic E-state index is 0.338. The molecule has 0 radical (unpaired) electrons. The highest BCUT2D eigenvalue weighted by molar-refractivity contribution is 7.99. The second-order valence-corrected chi connectivity index (χ2v) is 9.38. The number of rotatable bonds is 11. The van der Waals surface area contributed by atoms with Gasteiger partial charge >= 0.3 is 0 Å². The molecule has 0 spiro atoms. The molecule has 0 aromatic carbocycles. The summed E-state index contributed by atoms with van der Waals surface area (Å²) in [6, 6.07) is 4.10. The van der Waals surface area contributed by atoms with Crippen LogP contribution in [-0.4, -0.2) is 55.6 Å². The second-order valence-electron chi connectivity index (χ2n) is 8.39. The number of aromatic amines is 2. The Morgan fingerprint density at radius 1 is 1.14 bits per heavy atom. The molecule has 12 heteroatoms. The van der Waals surface area contributed by atoms with Gasteiger partial charge in [-0.1, -0.05) is 25.6 Å². The highest BCUT2D eigenvalue weighted by Crippen LogP contribution is 2.28. The molecule has 0 saturated carbocycles. The van der Waals surface area contributed by atoms with Crippen molar-refractivity contribution in [1.82, 2.24) is 49.9 Å². The third-order valence-corrected chi connectivity index (χ3v) is 7.00. The molecular weight excluding hydrogens is 462 g/mol. The Balaban J connectivity index is 1.13. The number of anilines is 2. The third kappa shape index (κ3) is 5.48. The van der Waals surface area contributed by atoms with Gasteiger partial charge < -0.3 is 4.98 Å². The minimum absolute atomic E-state index is 0.338. The summed E-state index contributed by atoms with van der Waals surface area (Å²) >= 11 is 1.64. The van der Waals surface area contributed by atoms with E-state index in [4.69, 9.17) is 0 Å². The highest BCUT2D eigenvalue weighted by atomic mass is 32.2.